The number of hydrogen-bond donors (Lipinski definition) is 1. The summed E-state index contributed by atoms with van der Waals surface area (Å²) in [7, 11) is 4.46. The van der Waals surface area contributed by atoms with Crippen LogP contribution < -0.4 is 14.8 Å². The lowest BCUT2D eigenvalue weighted by Crippen LogP contribution is -2.12. The number of thiazole rings is 1. The van der Waals surface area contributed by atoms with Gasteiger partial charge in [0, 0.05) is 11.3 Å². The van der Waals surface area contributed by atoms with E-state index in [0.717, 1.165) is 10.4 Å². The maximum Gasteiger partial charge on any atom is 0.357 e. The summed E-state index contributed by atoms with van der Waals surface area (Å²) in [4.78, 5) is 29.1. The van der Waals surface area contributed by atoms with Crippen LogP contribution in [0.4, 0.5) is 5.13 Å². The Bertz CT molecular complexity index is 816. The Hall–Kier alpha value is -2.61. The third-order valence-electron chi connectivity index (χ3n) is 3.89. The average Bonchev–Trinajstić information content (AvgIpc) is 3.09. The van der Waals surface area contributed by atoms with Crippen molar-refractivity contribution in [3.8, 4) is 11.5 Å². The first-order valence-corrected chi connectivity index (χ1v) is 9.31. The Labute approximate surface area is 162 Å². The molecule has 0 unspecified atom stereocenters. The summed E-state index contributed by atoms with van der Waals surface area (Å²) in [5.41, 5.74) is 1.22. The van der Waals surface area contributed by atoms with Gasteiger partial charge >= 0.3 is 5.97 Å². The molecule has 0 radical (unpaired) electrons. The second kappa shape index (κ2) is 9.36. The van der Waals surface area contributed by atoms with E-state index in [-0.39, 0.29) is 23.9 Å². The van der Waals surface area contributed by atoms with E-state index in [9.17, 15) is 9.59 Å². The largest absolute Gasteiger partial charge is 0.493 e. The highest BCUT2D eigenvalue weighted by Crippen LogP contribution is 2.31. The lowest BCUT2D eigenvalue weighted by molar-refractivity contribution is -0.116. The van der Waals surface area contributed by atoms with Crippen molar-refractivity contribution in [3.63, 3.8) is 0 Å². The molecule has 27 heavy (non-hydrogen) atoms. The fraction of sp³-hybridized carbons (Fsp3) is 0.421. The molecule has 1 amide bonds. The number of amides is 1. The van der Waals surface area contributed by atoms with Crippen LogP contribution in [0.2, 0.25) is 0 Å². The molecule has 146 valence electrons. The summed E-state index contributed by atoms with van der Waals surface area (Å²) in [6, 6.07) is 5.55. The molecule has 1 N–H and O–H groups in total. The highest BCUT2D eigenvalue weighted by molar-refractivity contribution is 7.16. The molecule has 0 saturated carbocycles. The number of nitrogens with one attached hydrogen (secondary N) is 1. The quantitative estimate of drug-likeness (QED) is 0.690. The fourth-order valence-corrected chi connectivity index (χ4v) is 3.47. The van der Waals surface area contributed by atoms with Crippen molar-refractivity contribution in [2.75, 3.05) is 26.6 Å². The minimum Gasteiger partial charge on any atom is -0.493 e. The number of esters is 1. The molecular weight excluding hydrogens is 368 g/mol. The molecule has 2 aromatic rings. The van der Waals surface area contributed by atoms with Crippen molar-refractivity contribution in [2.24, 2.45) is 0 Å². The highest BCUT2D eigenvalue weighted by Gasteiger charge is 2.21. The van der Waals surface area contributed by atoms with E-state index < -0.39 is 5.97 Å². The fourth-order valence-electron chi connectivity index (χ4n) is 2.50. The van der Waals surface area contributed by atoms with Crippen molar-refractivity contribution in [2.45, 2.75) is 32.6 Å². The third-order valence-corrected chi connectivity index (χ3v) is 5.16. The van der Waals surface area contributed by atoms with Crippen LogP contribution in [0.15, 0.2) is 18.2 Å². The van der Waals surface area contributed by atoms with Crippen LogP contribution in [0.25, 0.3) is 0 Å². The normalized spacial score (nSPS) is 10.6. The summed E-state index contributed by atoms with van der Waals surface area (Å²) in [6.07, 6.45) is 0.818. The Balaban J connectivity index is 2.03. The molecule has 1 aromatic heterocycles. The van der Waals surface area contributed by atoms with Gasteiger partial charge in [0.25, 0.3) is 0 Å². The molecule has 0 fully saturated rings. The number of ether oxygens (including phenoxy) is 3. The van der Waals surface area contributed by atoms with Gasteiger partial charge in [0.2, 0.25) is 5.91 Å². The van der Waals surface area contributed by atoms with Gasteiger partial charge in [-0.3, -0.25) is 4.79 Å². The van der Waals surface area contributed by atoms with Crippen molar-refractivity contribution in [1.29, 1.82) is 0 Å². The van der Waals surface area contributed by atoms with Gasteiger partial charge in [0.15, 0.2) is 22.3 Å². The molecule has 0 aliphatic heterocycles. The average molecular weight is 392 g/mol. The van der Waals surface area contributed by atoms with Crippen molar-refractivity contribution in [3.05, 3.63) is 34.3 Å². The van der Waals surface area contributed by atoms with Gasteiger partial charge in [-0.2, -0.15) is 0 Å². The van der Waals surface area contributed by atoms with Gasteiger partial charge in [-0.05, 0) is 30.0 Å². The van der Waals surface area contributed by atoms with Gasteiger partial charge in [-0.1, -0.05) is 19.9 Å². The minimum atomic E-state index is -0.499. The van der Waals surface area contributed by atoms with E-state index in [4.69, 9.17) is 14.2 Å². The zero-order valence-corrected chi connectivity index (χ0v) is 16.9. The van der Waals surface area contributed by atoms with Crippen LogP contribution in [0, 0.1) is 0 Å². The first-order chi connectivity index (χ1) is 12.9. The molecule has 1 heterocycles. The number of carbonyl (C=O) groups excluding carboxylic acids is 2. The summed E-state index contributed by atoms with van der Waals surface area (Å²) < 4.78 is 15.2. The van der Waals surface area contributed by atoms with Gasteiger partial charge < -0.3 is 19.5 Å². The summed E-state index contributed by atoms with van der Waals surface area (Å²) in [5.74, 6) is 0.699. The van der Waals surface area contributed by atoms with E-state index in [1.165, 1.54) is 18.4 Å². The lowest BCUT2D eigenvalue weighted by atomic mass is 10.1. The molecule has 0 aliphatic carbocycles. The molecule has 0 atom stereocenters. The second-order valence-electron chi connectivity index (χ2n) is 6.12. The maximum atomic E-state index is 12.3. The second-order valence-corrected chi connectivity index (χ2v) is 7.15. The molecule has 0 aliphatic rings. The van der Waals surface area contributed by atoms with Crippen molar-refractivity contribution < 1.29 is 23.8 Å². The molecule has 2 rings (SSSR count). The van der Waals surface area contributed by atoms with Crippen molar-refractivity contribution >= 4 is 28.3 Å². The minimum absolute atomic E-state index is 0.106. The number of aromatic nitrogens is 1. The number of carbonyl (C=O) groups is 2. The third kappa shape index (κ3) is 5.19. The SMILES string of the molecule is COC(=O)c1nc(NC(=O)CCc2ccc(OC)c(OC)c2)sc1C(C)C. The maximum absolute atomic E-state index is 12.3. The van der Waals surface area contributed by atoms with Crippen molar-refractivity contribution in [1.82, 2.24) is 4.98 Å². The first-order valence-electron chi connectivity index (χ1n) is 8.49. The standard InChI is InChI=1S/C19H24N2O5S/c1-11(2)17-16(18(23)26-5)21-19(27-17)20-15(22)9-7-12-6-8-13(24-3)14(10-12)25-4/h6,8,10-11H,7,9H2,1-5H3,(H,20,21,22). The van der Waals surface area contributed by atoms with Crippen LogP contribution >= 0.6 is 11.3 Å². The predicted octanol–water partition coefficient (Wildman–Crippen LogP) is 3.64. The molecule has 7 nitrogen and oxygen atoms in total. The number of anilines is 1. The van der Waals surface area contributed by atoms with E-state index in [2.05, 4.69) is 10.3 Å². The van der Waals surface area contributed by atoms with Crippen LogP contribution in [0.3, 0.4) is 0 Å². The number of aryl methyl sites for hydroxylation is 1. The van der Waals surface area contributed by atoms with Crippen LogP contribution in [0.5, 0.6) is 11.5 Å². The van der Waals surface area contributed by atoms with Crippen LogP contribution in [-0.2, 0) is 16.0 Å². The summed E-state index contributed by atoms with van der Waals surface area (Å²) in [6.45, 7) is 3.92. The summed E-state index contributed by atoms with van der Waals surface area (Å²) >= 11 is 1.29. The smallest absolute Gasteiger partial charge is 0.357 e. The van der Waals surface area contributed by atoms with E-state index in [1.807, 2.05) is 32.0 Å². The summed E-state index contributed by atoms with van der Waals surface area (Å²) in [5, 5.41) is 3.16. The Morgan fingerprint density at radius 1 is 1.15 bits per heavy atom. The number of methoxy groups -OCH3 is 3. The Morgan fingerprint density at radius 3 is 2.44 bits per heavy atom. The molecule has 1 aromatic carbocycles. The zero-order valence-electron chi connectivity index (χ0n) is 16.1. The zero-order chi connectivity index (χ0) is 20.0. The first kappa shape index (κ1) is 20.7. The highest BCUT2D eigenvalue weighted by atomic mass is 32.1. The van der Waals surface area contributed by atoms with Crippen LogP contribution in [-0.4, -0.2) is 38.2 Å². The monoisotopic (exact) mass is 392 g/mol. The molecule has 0 bridgehead atoms. The van der Waals surface area contributed by atoms with Gasteiger partial charge in [0.1, 0.15) is 0 Å². The van der Waals surface area contributed by atoms with E-state index in [1.54, 1.807) is 14.2 Å². The molecule has 0 spiro atoms. The Morgan fingerprint density at radius 2 is 1.85 bits per heavy atom. The number of benzene rings is 1. The van der Waals surface area contributed by atoms with Gasteiger partial charge in [0.05, 0.1) is 21.3 Å². The predicted molar refractivity (Wildman–Crippen MR) is 104 cm³/mol. The van der Waals surface area contributed by atoms with Crippen LogP contribution in [0.1, 0.15) is 47.1 Å². The molecule has 8 heteroatoms. The molecule has 0 saturated heterocycles. The lowest BCUT2D eigenvalue weighted by Gasteiger charge is -2.09. The molecular formula is C19H24N2O5S. The van der Waals surface area contributed by atoms with E-state index in [0.29, 0.717) is 23.1 Å². The number of rotatable bonds is 8. The number of nitrogens with zero attached hydrogens (tertiary/aromatic N) is 1. The number of hydrogen-bond acceptors (Lipinski definition) is 7. The van der Waals surface area contributed by atoms with Gasteiger partial charge in [-0.15, -0.1) is 11.3 Å². The van der Waals surface area contributed by atoms with Gasteiger partial charge in [-0.25, -0.2) is 9.78 Å². The Kier molecular flexibility index (Phi) is 7.18. The topological polar surface area (TPSA) is 86.8 Å². The van der Waals surface area contributed by atoms with E-state index >= 15 is 0 Å².